The number of rotatable bonds is 4. The van der Waals surface area contributed by atoms with E-state index in [9.17, 15) is 18.0 Å². The van der Waals surface area contributed by atoms with E-state index in [0.717, 1.165) is 18.2 Å². The number of carbonyl (C=O) groups is 1. The summed E-state index contributed by atoms with van der Waals surface area (Å²) in [6.45, 7) is 0. The molecule has 0 bridgehead atoms. The van der Waals surface area contributed by atoms with Crippen molar-refractivity contribution in [3.8, 4) is 17.2 Å². The number of hydrogen-bond acceptors (Lipinski definition) is 4. The predicted molar refractivity (Wildman–Crippen MR) is 109 cm³/mol. The number of esters is 1. The van der Waals surface area contributed by atoms with Gasteiger partial charge in [0, 0.05) is 11.1 Å². The second-order valence-corrected chi connectivity index (χ2v) is 7.00. The van der Waals surface area contributed by atoms with E-state index in [0.29, 0.717) is 28.2 Å². The second kappa shape index (κ2) is 8.00. The summed E-state index contributed by atoms with van der Waals surface area (Å²) >= 11 is 5.97. The lowest BCUT2D eigenvalue weighted by Gasteiger charge is -2.11. The van der Waals surface area contributed by atoms with Gasteiger partial charge in [-0.2, -0.15) is 13.2 Å². The third kappa shape index (κ3) is 4.22. The van der Waals surface area contributed by atoms with Gasteiger partial charge in [0.25, 0.3) is 0 Å². The van der Waals surface area contributed by atoms with Crippen molar-refractivity contribution in [1.82, 2.24) is 0 Å². The Kier molecular flexibility index (Phi) is 5.37. The first kappa shape index (κ1) is 20.8. The zero-order valence-corrected chi connectivity index (χ0v) is 16.8. The van der Waals surface area contributed by atoms with Crippen LogP contribution in [0.5, 0.6) is 17.2 Å². The van der Waals surface area contributed by atoms with Crippen LogP contribution in [-0.4, -0.2) is 13.1 Å². The van der Waals surface area contributed by atoms with Crippen molar-refractivity contribution in [2.24, 2.45) is 0 Å². The monoisotopic (exact) mass is 446 g/mol. The van der Waals surface area contributed by atoms with Crippen molar-refractivity contribution in [2.45, 2.75) is 6.18 Å². The Hall–Kier alpha value is -3.45. The molecule has 0 saturated carbocycles. The number of para-hydroxylation sites is 1. The van der Waals surface area contributed by atoms with Crippen molar-refractivity contribution in [3.05, 3.63) is 87.9 Å². The number of methoxy groups -OCH3 is 1. The fraction of sp³-hybridized carbons (Fsp3) is 0.0870. The number of alkyl halides is 3. The van der Waals surface area contributed by atoms with E-state index in [-0.39, 0.29) is 16.5 Å². The number of carbonyl (C=O) groups excluding carboxylic acids is 1. The zero-order chi connectivity index (χ0) is 22.2. The van der Waals surface area contributed by atoms with Gasteiger partial charge < -0.3 is 14.2 Å². The summed E-state index contributed by atoms with van der Waals surface area (Å²) in [5.41, 5.74) is 0.654. The minimum absolute atomic E-state index is 0.0510. The molecule has 4 rings (SSSR count). The van der Waals surface area contributed by atoms with Gasteiger partial charge in [-0.15, -0.1) is 0 Å². The van der Waals surface area contributed by atoms with Gasteiger partial charge >= 0.3 is 12.1 Å². The molecule has 3 aromatic carbocycles. The highest BCUT2D eigenvalue weighted by molar-refractivity contribution is 6.32. The van der Waals surface area contributed by atoms with Crippen LogP contribution in [-0.2, 0) is 10.9 Å². The molecule has 0 aliphatic carbocycles. The summed E-state index contributed by atoms with van der Waals surface area (Å²) in [5, 5.41) is -0.188. The van der Waals surface area contributed by atoms with Crippen LogP contribution in [0, 0.1) is 0 Å². The lowest BCUT2D eigenvalue weighted by molar-refractivity contribution is -0.137. The molecule has 31 heavy (non-hydrogen) atoms. The van der Waals surface area contributed by atoms with E-state index in [2.05, 4.69) is 0 Å². The summed E-state index contributed by atoms with van der Waals surface area (Å²) in [5.74, 6) is 0.715. The summed E-state index contributed by atoms with van der Waals surface area (Å²) in [7, 11) is 1.53. The lowest BCUT2D eigenvalue weighted by atomic mass is 10.1. The Balaban J connectivity index is 1.68. The number of fused-ring (bicyclic) bond motifs is 1. The average Bonchev–Trinajstić information content (AvgIpc) is 3.04. The Morgan fingerprint density at radius 1 is 0.968 bits per heavy atom. The summed E-state index contributed by atoms with van der Waals surface area (Å²) in [6.07, 6.45) is -2.84. The van der Waals surface area contributed by atoms with Gasteiger partial charge in [-0.25, -0.2) is 4.79 Å². The first-order chi connectivity index (χ1) is 14.8. The second-order valence-electron chi connectivity index (χ2n) is 6.59. The molecule has 0 amide bonds. The molecular weight excluding hydrogens is 433 g/mol. The molecule has 0 atom stereocenters. The maximum absolute atomic E-state index is 12.8. The molecule has 1 aliphatic heterocycles. The van der Waals surface area contributed by atoms with Crippen molar-refractivity contribution in [1.29, 1.82) is 0 Å². The molecule has 0 fully saturated rings. The molecule has 8 heteroatoms. The number of halogens is 4. The van der Waals surface area contributed by atoms with E-state index >= 15 is 0 Å². The van der Waals surface area contributed by atoms with Crippen molar-refractivity contribution < 1.29 is 32.2 Å². The van der Waals surface area contributed by atoms with Crippen LogP contribution >= 0.6 is 11.6 Å². The van der Waals surface area contributed by atoms with Crippen LogP contribution in [0.25, 0.3) is 11.8 Å². The molecule has 3 aromatic rings. The minimum Gasteiger partial charge on any atom is -0.496 e. The highest BCUT2D eigenvalue weighted by atomic mass is 35.5. The van der Waals surface area contributed by atoms with Gasteiger partial charge in [-0.1, -0.05) is 29.8 Å². The van der Waals surface area contributed by atoms with Crippen LogP contribution in [0.15, 0.2) is 60.7 Å². The SMILES string of the molecule is COc1ccccc1C=C1OC(=O)c2ccc(Oc3ccc(C(F)(F)F)cc3Cl)cc21. The van der Waals surface area contributed by atoms with Gasteiger partial charge in [-0.05, 0) is 48.5 Å². The largest absolute Gasteiger partial charge is 0.496 e. The Morgan fingerprint density at radius 3 is 2.45 bits per heavy atom. The van der Waals surface area contributed by atoms with E-state index in [1.807, 2.05) is 12.1 Å². The third-order valence-corrected chi connectivity index (χ3v) is 4.89. The Bertz CT molecular complexity index is 1200. The molecule has 0 unspecified atom stereocenters. The van der Waals surface area contributed by atoms with Crippen LogP contribution < -0.4 is 9.47 Å². The maximum Gasteiger partial charge on any atom is 0.416 e. The quantitative estimate of drug-likeness (QED) is 0.412. The molecular formula is C23H14ClF3O4. The molecule has 158 valence electrons. The zero-order valence-electron chi connectivity index (χ0n) is 16.0. The van der Waals surface area contributed by atoms with Gasteiger partial charge in [0.1, 0.15) is 23.0 Å². The molecule has 0 aromatic heterocycles. The fourth-order valence-electron chi connectivity index (χ4n) is 3.10. The van der Waals surface area contributed by atoms with E-state index in [1.54, 1.807) is 24.3 Å². The summed E-state index contributed by atoms with van der Waals surface area (Å²) in [4.78, 5) is 12.2. The highest BCUT2D eigenvalue weighted by Gasteiger charge is 2.31. The number of benzene rings is 3. The smallest absolute Gasteiger partial charge is 0.416 e. The Morgan fingerprint density at radius 2 is 1.74 bits per heavy atom. The highest BCUT2D eigenvalue weighted by Crippen LogP contribution is 2.39. The fourth-order valence-corrected chi connectivity index (χ4v) is 3.32. The van der Waals surface area contributed by atoms with E-state index in [4.69, 9.17) is 25.8 Å². The number of hydrogen-bond donors (Lipinski definition) is 0. The Labute approximate surface area is 180 Å². The number of cyclic esters (lactones) is 1. The molecule has 4 nitrogen and oxygen atoms in total. The molecule has 1 aliphatic rings. The van der Waals surface area contributed by atoms with E-state index < -0.39 is 17.7 Å². The van der Waals surface area contributed by atoms with Crippen LogP contribution in [0.4, 0.5) is 13.2 Å². The van der Waals surface area contributed by atoms with Gasteiger partial charge in [-0.3, -0.25) is 0 Å². The molecule has 0 saturated heterocycles. The van der Waals surface area contributed by atoms with Gasteiger partial charge in [0.15, 0.2) is 0 Å². The van der Waals surface area contributed by atoms with Gasteiger partial charge in [0.2, 0.25) is 0 Å². The number of ether oxygens (including phenoxy) is 3. The topological polar surface area (TPSA) is 44.8 Å². The predicted octanol–water partition coefficient (Wildman–Crippen LogP) is 6.83. The first-order valence-corrected chi connectivity index (χ1v) is 9.40. The van der Waals surface area contributed by atoms with Crippen LogP contribution in [0.1, 0.15) is 27.0 Å². The minimum atomic E-state index is -4.51. The molecule has 0 N–H and O–H groups in total. The van der Waals surface area contributed by atoms with E-state index in [1.165, 1.54) is 19.2 Å². The van der Waals surface area contributed by atoms with Crippen LogP contribution in [0.2, 0.25) is 5.02 Å². The molecule has 0 radical (unpaired) electrons. The summed E-state index contributed by atoms with van der Waals surface area (Å²) in [6, 6.07) is 14.6. The average molecular weight is 447 g/mol. The van der Waals surface area contributed by atoms with Crippen molar-refractivity contribution in [2.75, 3.05) is 7.11 Å². The standard InChI is InChI=1S/C23H14ClF3O4/c1-29-19-5-3-2-4-13(19)10-21-17-12-15(7-8-16(17)22(28)31-21)30-20-9-6-14(11-18(20)24)23(25,26)27/h2-12H,1H3. The normalized spacial score (nSPS) is 14.4. The van der Waals surface area contributed by atoms with Gasteiger partial charge in [0.05, 0.1) is 23.3 Å². The van der Waals surface area contributed by atoms with Crippen LogP contribution in [0.3, 0.4) is 0 Å². The lowest BCUT2D eigenvalue weighted by Crippen LogP contribution is -2.04. The molecule has 1 heterocycles. The molecule has 0 spiro atoms. The summed E-state index contributed by atoms with van der Waals surface area (Å²) < 4.78 is 54.8. The third-order valence-electron chi connectivity index (χ3n) is 4.59. The first-order valence-electron chi connectivity index (χ1n) is 9.02. The van der Waals surface area contributed by atoms with Crippen molar-refractivity contribution >= 4 is 29.4 Å². The maximum atomic E-state index is 12.8. The van der Waals surface area contributed by atoms with Crippen molar-refractivity contribution in [3.63, 3.8) is 0 Å².